The standard InChI is InChI=1S/C18H24ClNO/c1-13(18(21)15-8-10-16(19)11-9-15)20-12-4-6-14-5-2-3-7-17(14)20/h8-11,13-14,17H,2-7,12H2,1H3. The molecule has 2 fully saturated rings. The van der Waals surface area contributed by atoms with Crippen LogP contribution < -0.4 is 0 Å². The summed E-state index contributed by atoms with van der Waals surface area (Å²) in [4.78, 5) is 15.2. The Balaban J connectivity index is 1.75. The lowest BCUT2D eigenvalue weighted by atomic mass is 9.77. The van der Waals surface area contributed by atoms with Gasteiger partial charge in [-0.25, -0.2) is 0 Å². The van der Waals surface area contributed by atoms with Gasteiger partial charge in [0.2, 0.25) is 0 Å². The molecule has 1 aromatic rings. The number of benzene rings is 1. The van der Waals surface area contributed by atoms with Gasteiger partial charge in [-0.3, -0.25) is 9.69 Å². The van der Waals surface area contributed by atoms with Gasteiger partial charge >= 0.3 is 0 Å². The molecule has 1 heterocycles. The number of hydrogen-bond donors (Lipinski definition) is 0. The topological polar surface area (TPSA) is 20.3 Å². The van der Waals surface area contributed by atoms with Crippen LogP contribution in [0.5, 0.6) is 0 Å². The number of halogens is 1. The van der Waals surface area contributed by atoms with Crippen LogP contribution in [0.2, 0.25) is 5.02 Å². The van der Waals surface area contributed by atoms with Gasteiger partial charge in [0.25, 0.3) is 0 Å². The number of likely N-dealkylation sites (tertiary alicyclic amines) is 1. The van der Waals surface area contributed by atoms with Crippen LogP contribution in [0.15, 0.2) is 24.3 Å². The number of carbonyl (C=O) groups excluding carboxylic acids is 1. The van der Waals surface area contributed by atoms with Gasteiger partial charge in [0, 0.05) is 16.6 Å². The second-order valence-corrected chi connectivity index (χ2v) is 6.98. The Morgan fingerprint density at radius 1 is 1.14 bits per heavy atom. The van der Waals surface area contributed by atoms with Gasteiger partial charge < -0.3 is 0 Å². The van der Waals surface area contributed by atoms with Gasteiger partial charge in [-0.05, 0) is 69.3 Å². The van der Waals surface area contributed by atoms with Gasteiger partial charge in [-0.2, -0.15) is 0 Å². The summed E-state index contributed by atoms with van der Waals surface area (Å²) in [5.74, 6) is 1.05. The highest BCUT2D eigenvalue weighted by molar-refractivity contribution is 6.30. The Morgan fingerprint density at radius 3 is 2.57 bits per heavy atom. The van der Waals surface area contributed by atoms with Crippen molar-refractivity contribution in [1.29, 1.82) is 0 Å². The van der Waals surface area contributed by atoms with E-state index in [1.54, 1.807) is 12.1 Å². The Labute approximate surface area is 132 Å². The fraction of sp³-hybridized carbons (Fsp3) is 0.611. The van der Waals surface area contributed by atoms with Gasteiger partial charge in [-0.15, -0.1) is 0 Å². The average molecular weight is 306 g/mol. The zero-order chi connectivity index (χ0) is 14.8. The summed E-state index contributed by atoms with van der Waals surface area (Å²) in [7, 11) is 0. The van der Waals surface area contributed by atoms with Gasteiger partial charge in [0.05, 0.1) is 6.04 Å². The van der Waals surface area contributed by atoms with Crippen molar-refractivity contribution in [2.45, 2.75) is 57.5 Å². The van der Waals surface area contributed by atoms with Crippen molar-refractivity contribution >= 4 is 17.4 Å². The highest BCUT2D eigenvalue weighted by atomic mass is 35.5. The summed E-state index contributed by atoms with van der Waals surface area (Å²) in [6, 6.07) is 7.92. The van der Waals surface area contributed by atoms with Crippen LogP contribution in [0.1, 0.15) is 55.8 Å². The Bertz CT molecular complexity index is 496. The van der Waals surface area contributed by atoms with Crippen molar-refractivity contribution in [1.82, 2.24) is 4.90 Å². The number of ketones is 1. The molecular weight excluding hydrogens is 282 g/mol. The average Bonchev–Trinajstić information content (AvgIpc) is 2.53. The van der Waals surface area contributed by atoms with E-state index < -0.39 is 0 Å². The fourth-order valence-corrected chi connectivity index (χ4v) is 4.28. The van der Waals surface area contributed by atoms with E-state index in [0.29, 0.717) is 11.1 Å². The highest BCUT2D eigenvalue weighted by Crippen LogP contribution is 2.36. The lowest BCUT2D eigenvalue weighted by Crippen LogP contribution is -2.53. The van der Waals surface area contributed by atoms with E-state index in [2.05, 4.69) is 11.8 Å². The molecule has 114 valence electrons. The molecule has 1 saturated carbocycles. The third kappa shape index (κ3) is 3.17. The number of rotatable bonds is 3. The molecule has 3 unspecified atom stereocenters. The zero-order valence-corrected chi connectivity index (χ0v) is 13.5. The van der Waals surface area contributed by atoms with Crippen molar-refractivity contribution in [3.05, 3.63) is 34.9 Å². The van der Waals surface area contributed by atoms with Crippen molar-refractivity contribution in [3.8, 4) is 0 Å². The first kappa shape index (κ1) is 15.1. The summed E-state index contributed by atoms with van der Waals surface area (Å²) in [5, 5.41) is 0.685. The van der Waals surface area contributed by atoms with Crippen LogP contribution >= 0.6 is 11.6 Å². The molecule has 0 spiro atoms. The van der Waals surface area contributed by atoms with Gasteiger partial charge in [-0.1, -0.05) is 24.4 Å². The van der Waals surface area contributed by atoms with E-state index >= 15 is 0 Å². The molecule has 2 nitrogen and oxygen atoms in total. The third-order valence-electron chi connectivity index (χ3n) is 5.29. The minimum absolute atomic E-state index is 0.0166. The summed E-state index contributed by atoms with van der Waals surface area (Å²) in [6.45, 7) is 3.15. The minimum atomic E-state index is -0.0166. The molecule has 0 bridgehead atoms. The normalized spacial score (nSPS) is 27.9. The van der Waals surface area contributed by atoms with E-state index in [0.717, 1.165) is 18.0 Å². The number of carbonyl (C=O) groups is 1. The Kier molecular flexibility index (Phi) is 4.66. The van der Waals surface area contributed by atoms with E-state index in [9.17, 15) is 4.79 Å². The summed E-state index contributed by atoms with van der Waals surface area (Å²) in [6.07, 6.45) is 7.89. The largest absolute Gasteiger partial charge is 0.292 e. The summed E-state index contributed by atoms with van der Waals surface area (Å²) in [5.41, 5.74) is 0.782. The molecule has 0 aromatic heterocycles. The van der Waals surface area contributed by atoms with E-state index in [4.69, 9.17) is 11.6 Å². The van der Waals surface area contributed by atoms with E-state index in [1.807, 2.05) is 12.1 Å². The van der Waals surface area contributed by atoms with Crippen molar-refractivity contribution in [2.75, 3.05) is 6.54 Å². The molecule has 3 atom stereocenters. The lowest BCUT2D eigenvalue weighted by Gasteiger charge is -2.46. The molecule has 0 radical (unpaired) electrons. The molecule has 0 amide bonds. The number of fused-ring (bicyclic) bond motifs is 1. The third-order valence-corrected chi connectivity index (χ3v) is 5.54. The SMILES string of the molecule is CC(C(=O)c1ccc(Cl)cc1)N1CCCC2CCCCC21. The number of hydrogen-bond acceptors (Lipinski definition) is 2. The number of Topliss-reactive ketones (excluding diaryl/α,β-unsaturated/α-hetero) is 1. The molecule has 2 aliphatic rings. The molecular formula is C18H24ClNO. The van der Waals surface area contributed by atoms with Crippen LogP contribution in [0.3, 0.4) is 0 Å². The Morgan fingerprint density at radius 2 is 1.81 bits per heavy atom. The van der Waals surface area contributed by atoms with Crippen LogP contribution in [-0.2, 0) is 0 Å². The van der Waals surface area contributed by atoms with Crippen molar-refractivity contribution < 1.29 is 4.79 Å². The van der Waals surface area contributed by atoms with Crippen LogP contribution in [0.25, 0.3) is 0 Å². The van der Waals surface area contributed by atoms with Gasteiger partial charge in [0.15, 0.2) is 5.78 Å². The van der Waals surface area contributed by atoms with Crippen molar-refractivity contribution in [3.63, 3.8) is 0 Å². The maximum atomic E-state index is 12.7. The highest BCUT2D eigenvalue weighted by Gasteiger charge is 2.37. The van der Waals surface area contributed by atoms with E-state index in [-0.39, 0.29) is 11.8 Å². The van der Waals surface area contributed by atoms with E-state index in [1.165, 1.54) is 38.5 Å². The first-order valence-electron chi connectivity index (χ1n) is 8.22. The molecule has 3 rings (SSSR count). The Hall–Kier alpha value is -0.860. The fourth-order valence-electron chi connectivity index (χ4n) is 4.15. The molecule has 1 aliphatic carbocycles. The predicted molar refractivity (Wildman–Crippen MR) is 86.9 cm³/mol. The maximum absolute atomic E-state index is 12.7. The molecule has 21 heavy (non-hydrogen) atoms. The maximum Gasteiger partial charge on any atom is 0.179 e. The van der Waals surface area contributed by atoms with Crippen LogP contribution in [-0.4, -0.2) is 29.3 Å². The lowest BCUT2D eigenvalue weighted by molar-refractivity contribution is 0.0297. The smallest absolute Gasteiger partial charge is 0.179 e. The molecule has 0 N–H and O–H groups in total. The number of piperidine rings is 1. The molecule has 1 saturated heterocycles. The molecule has 1 aromatic carbocycles. The summed E-state index contributed by atoms with van der Waals surface area (Å²) < 4.78 is 0. The van der Waals surface area contributed by atoms with Crippen molar-refractivity contribution in [2.24, 2.45) is 5.92 Å². The number of nitrogens with zero attached hydrogens (tertiary/aromatic N) is 1. The zero-order valence-electron chi connectivity index (χ0n) is 12.7. The molecule has 3 heteroatoms. The predicted octanol–water partition coefficient (Wildman–Crippen LogP) is 4.57. The second kappa shape index (κ2) is 6.50. The quantitative estimate of drug-likeness (QED) is 0.763. The minimum Gasteiger partial charge on any atom is -0.292 e. The molecule has 1 aliphatic heterocycles. The summed E-state index contributed by atoms with van der Waals surface area (Å²) >= 11 is 5.91. The first-order chi connectivity index (χ1) is 10.2. The van der Waals surface area contributed by atoms with Gasteiger partial charge in [0.1, 0.15) is 0 Å². The second-order valence-electron chi connectivity index (χ2n) is 6.54. The first-order valence-corrected chi connectivity index (χ1v) is 8.60. The monoisotopic (exact) mass is 305 g/mol. The van der Waals surface area contributed by atoms with Crippen LogP contribution in [0.4, 0.5) is 0 Å². The van der Waals surface area contributed by atoms with Crippen LogP contribution in [0, 0.1) is 5.92 Å².